The van der Waals surface area contributed by atoms with E-state index in [-0.39, 0.29) is 29.7 Å². The lowest BCUT2D eigenvalue weighted by molar-refractivity contribution is -0.137. The van der Waals surface area contributed by atoms with Gasteiger partial charge in [-0.2, -0.15) is 0 Å². The minimum Gasteiger partial charge on any atom is -0.481 e. The van der Waals surface area contributed by atoms with Crippen molar-refractivity contribution in [2.75, 3.05) is 6.54 Å². The number of carboxylic acid groups (broad SMARTS) is 1. The van der Waals surface area contributed by atoms with Crippen LogP contribution in [0.25, 0.3) is 0 Å². The second kappa shape index (κ2) is 9.77. The average Bonchev–Trinajstić information content (AvgIpc) is 2.31. The Bertz CT molecular complexity index is 324. The Kier molecular flexibility index (Phi) is 9.26. The largest absolute Gasteiger partial charge is 0.481 e. The van der Waals surface area contributed by atoms with Gasteiger partial charge in [0.15, 0.2) is 0 Å². The Morgan fingerprint density at radius 1 is 1.19 bits per heavy atom. The topological polar surface area (TPSA) is 92.4 Å². The molecule has 0 fully saturated rings. The van der Waals surface area contributed by atoms with E-state index in [1.165, 1.54) is 0 Å². The number of nitrogens with two attached hydrogens (primary N) is 1. The number of hydrogen-bond acceptors (Lipinski definition) is 3. The number of carbonyl (C=O) groups excluding carboxylic acids is 1. The van der Waals surface area contributed by atoms with Gasteiger partial charge >= 0.3 is 5.97 Å². The Hall–Kier alpha value is -1.10. The molecule has 124 valence electrons. The second-order valence-electron chi connectivity index (χ2n) is 6.89. The van der Waals surface area contributed by atoms with Crippen LogP contribution in [0.5, 0.6) is 0 Å². The van der Waals surface area contributed by atoms with E-state index in [0.717, 1.165) is 19.3 Å². The molecular formula is C16H32N2O3. The molecule has 4 N–H and O–H groups in total. The Morgan fingerprint density at radius 3 is 2.29 bits per heavy atom. The molecule has 0 aromatic rings. The summed E-state index contributed by atoms with van der Waals surface area (Å²) < 4.78 is 0. The number of nitrogens with one attached hydrogen (secondary N) is 1. The number of hydrogen-bond donors (Lipinski definition) is 3. The van der Waals surface area contributed by atoms with Crippen molar-refractivity contribution in [3.05, 3.63) is 0 Å². The molecule has 0 spiro atoms. The van der Waals surface area contributed by atoms with Crippen LogP contribution in [0, 0.1) is 11.3 Å². The highest BCUT2D eigenvalue weighted by Crippen LogP contribution is 2.32. The maximum Gasteiger partial charge on any atom is 0.303 e. The van der Waals surface area contributed by atoms with Gasteiger partial charge in [-0.25, -0.2) is 0 Å². The summed E-state index contributed by atoms with van der Waals surface area (Å²) in [5, 5.41) is 11.7. The van der Waals surface area contributed by atoms with E-state index in [2.05, 4.69) is 26.1 Å². The monoisotopic (exact) mass is 300 g/mol. The SMILES string of the molecule is CCCC(N)CC(=O)NCCC(CCC(=O)O)C(C)(C)C. The van der Waals surface area contributed by atoms with Gasteiger partial charge in [0, 0.05) is 25.4 Å². The van der Waals surface area contributed by atoms with Crippen molar-refractivity contribution in [2.24, 2.45) is 17.1 Å². The highest BCUT2D eigenvalue weighted by Gasteiger charge is 2.24. The van der Waals surface area contributed by atoms with Crippen LogP contribution in [0.4, 0.5) is 0 Å². The molecule has 2 atom stereocenters. The molecule has 21 heavy (non-hydrogen) atoms. The molecule has 0 heterocycles. The van der Waals surface area contributed by atoms with E-state index < -0.39 is 5.97 Å². The van der Waals surface area contributed by atoms with Crippen molar-refractivity contribution in [1.82, 2.24) is 5.32 Å². The zero-order chi connectivity index (χ0) is 16.5. The lowest BCUT2D eigenvalue weighted by Gasteiger charge is -2.30. The standard InChI is InChI=1S/C16H32N2O3/c1-5-6-13(17)11-14(19)18-10-9-12(16(2,3)4)7-8-15(20)21/h12-13H,5-11,17H2,1-4H3,(H,18,19)(H,20,21). The summed E-state index contributed by atoms with van der Waals surface area (Å²) in [4.78, 5) is 22.5. The normalized spacial score (nSPS) is 14.5. The maximum atomic E-state index is 11.7. The fourth-order valence-corrected chi connectivity index (χ4v) is 2.48. The Labute approximate surface area is 128 Å². The van der Waals surface area contributed by atoms with Crippen LogP contribution in [-0.2, 0) is 9.59 Å². The summed E-state index contributed by atoms with van der Waals surface area (Å²) in [5.41, 5.74) is 5.88. The van der Waals surface area contributed by atoms with Crippen LogP contribution in [-0.4, -0.2) is 29.6 Å². The third kappa shape index (κ3) is 10.3. The van der Waals surface area contributed by atoms with Crippen molar-refractivity contribution in [2.45, 2.75) is 72.3 Å². The van der Waals surface area contributed by atoms with E-state index >= 15 is 0 Å². The lowest BCUT2D eigenvalue weighted by atomic mass is 9.76. The first kappa shape index (κ1) is 19.9. The van der Waals surface area contributed by atoms with Crippen LogP contribution in [0.2, 0.25) is 0 Å². The molecule has 0 radical (unpaired) electrons. The minimum absolute atomic E-state index is 0.0122. The molecule has 0 aliphatic rings. The van der Waals surface area contributed by atoms with Crippen LogP contribution in [0.1, 0.15) is 66.2 Å². The smallest absolute Gasteiger partial charge is 0.303 e. The van der Waals surface area contributed by atoms with Gasteiger partial charge in [-0.05, 0) is 30.6 Å². The van der Waals surface area contributed by atoms with Crippen molar-refractivity contribution < 1.29 is 14.7 Å². The molecule has 0 saturated carbocycles. The summed E-state index contributed by atoms with van der Waals surface area (Å²) >= 11 is 0. The van der Waals surface area contributed by atoms with E-state index in [1.54, 1.807) is 0 Å². The van der Waals surface area contributed by atoms with Crippen LogP contribution in [0.3, 0.4) is 0 Å². The van der Waals surface area contributed by atoms with Crippen LogP contribution >= 0.6 is 0 Å². The molecule has 0 aromatic carbocycles. The van der Waals surface area contributed by atoms with Crippen LogP contribution < -0.4 is 11.1 Å². The number of amides is 1. The third-order valence-electron chi connectivity index (χ3n) is 3.85. The summed E-state index contributed by atoms with van der Waals surface area (Å²) in [6.07, 6.45) is 3.82. The van der Waals surface area contributed by atoms with Crippen molar-refractivity contribution in [3.8, 4) is 0 Å². The zero-order valence-electron chi connectivity index (χ0n) is 13.9. The molecule has 1 amide bonds. The number of rotatable bonds is 10. The van der Waals surface area contributed by atoms with Gasteiger partial charge in [0.05, 0.1) is 0 Å². The predicted octanol–water partition coefficient (Wildman–Crippen LogP) is 2.54. The number of aliphatic carboxylic acids is 1. The van der Waals surface area contributed by atoms with E-state index in [9.17, 15) is 9.59 Å². The van der Waals surface area contributed by atoms with Crippen molar-refractivity contribution >= 4 is 11.9 Å². The molecule has 5 nitrogen and oxygen atoms in total. The van der Waals surface area contributed by atoms with E-state index in [4.69, 9.17) is 10.8 Å². The fourth-order valence-electron chi connectivity index (χ4n) is 2.48. The third-order valence-corrected chi connectivity index (χ3v) is 3.85. The van der Waals surface area contributed by atoms with Gasteiger partial charge in [-0.15, -0.1) is 0 Å². The second-order valence-corrected chi connectivity index (χ2v) is 6.89. The van der Waals surface area contributed by atoms with Gasteiger partial charge in [0.1, 0.15) is 0 Å². The van der Waals surface area contributed by atoms with E-state index in [0.29, 0.717) is 19.4 Å². The Morgan fingerprint density at radius 2 is 1.81 bits per heavy atom. The molecular weight excluding hydrogens is 268 g/mol. The molecule has 0 aromatic heterocycles. The average molecular weight is 300 g/mol. The zero-order valence-corrected chi connectivity index (χ0v) is 13.9. The molecule has 0 aliphatic carbocycles. The molecule has 0 rings (SSSR count). The van der Waals surface area contributed by atoms with Gasteiger partial charge in [0.25, 0.3) is 0 Å². The van der Waals surface area contributed by atoms with Gasteiger partial charge in [-0.3, -0.25) is 9.59 Å². The summed E-state index contributed by atoms with van der Waals surface area (Å²) in [6.45, 7) is 8.96. The lowest BCUT2D eigenvalue weighted by Crippen LogP contribution is -2.34. The highest BCUT2D eigenvalue weighted by atomic mass is 16.4. The van der Waals surface area contributed by atoms with Gasteiger partial charge in [-0.1, -0.05) is 34.1 Å². The Balaban J connectivity index is 4.13. The molecule has 0 saturated heterocycles. The molecule has 0 bridgehead atoms. The van der Waals surface area contributed by atoms with Crippen LogP contribution in [0.15, 0.2) is 0 Å². The van der Waals surface area contributed by atoms with Gasteiger partial charge in [0.2, 0.25) is 5.91 Å². The molecule has 5 heteroatoms. The predicted molar refractivity (Wildman–Crippen MR) is 84.9 cm³/mol. The first-order chi connectivity index (χ1) is 9.66. The maximum absolute atomic E-state index is 11.7. The summed E-state index contributed by atoms with van der Waals surface area (Å²) in [6, 6.07) is -0.0691. The van der Waals surface area contributed by atoms with Gasteiger partial charge < -0.3 is 16.2 Å². The van der Waals surface area contributed by atoms with Crippen molar-refractivity contribution in [3.63, 3.8) is 0 Å². The fraction of sp³-hybridized carbons (Fsp3) is 0.875. The highest BCUT2D eigenvalue weighted by molar-refractivity contribution is 5.76. The first-order valence-corrected chi connectivity index (χ1v) is 7.90. The quantitative estimate of drug-likeness (QED) is 0.578. The summed E-state index contributed by atoms with van der Waals surface area (Å²) in [5.74, 6) is -0.501. The molecule has 0 aliphatic heterocycles. The van der Waals surface area contributed by atoms with Crippen molar-refractivity contribution in [1.29, 1.82) is 0 Å². The molecule has 2 unspecified atom stereocenters. The first-order valence-electron chi connectivity index (χ1n) is 7.90. The number of carbonyl (C=O) groups is 2. The minimum atomic E-state index is -0.765. The summed E-state index contributed by atoms with van der Waals surface area (Å²) in [7, 11) is 0. The number of carboxylic acids is 1. The van der Waals surface area contributed by atoms with E-state index in [1.807, 2.05) is 6.92 Å².